The molecule has 3 atom stereocenters. The van der Waals surface area contributed by atoms with Gasteiger partial charge in [-0.1, -0.05) is 45.9 Å². The number of para-hydroxylation sites is 1. The summed E-state index contributed by atoms with van der Waals surface area (Å²) in [5.41, 5.74) is 2.97. The predicted molar refractivity (Wildman–Crippen MR) is 79.6 cm³/mol. The summed E-state index contributed by atoms with van der Waals surface area (Å²) >= 11 is 0. The molecule has 0 aromatic heterocycles. The first kappa shape index (κ1) is 13.0. The normalized spacial score (nSPS) is 31.9. The maximum atomic E-state index is 5.87. The molecule has 2 aliphatic rings. The van der Waals surface area contributed by atoms with E-state index in [0.717, 1.165) is 6.61 Å². The van der Waals surface area contributed by atoms with Crippen molar-refractivity contribution < 1.29 is 4.74 Å². The molecule has 1 saturated heterocycles. The molecular weight excluding hydrogens is 234 g/mol. The molecule has 1 aromatic rings. The van der Waals surface area contributed by atoms with Crippen LogP contribution in [0.25, 0.3) is 0 Å². The maximum absolute atomic E-state index is 5.87. The Kier molecular flexibility index (Phi) is 3.09. The van der Waals surface area contributed by atoms with Crippen LogP contribution in [0.4, 0.5) is 5.69 Å². The van der Waals surface area contributed by atoms with Gasteiger partial charge in [-0.3, -0.25) is 0 Å². The zero-order valence-electron chi connectivity index (χ0n) is 12.4. The lowest BCUT2D eigenvalue weighted by molar-refractivity contribution is -0.0923. The van der Waals surface area contributed by atoms with E-state index >= 15 is 0 Å². The second kappa shape index (κ2) is 4.52. The molecule has 2 nitrogen and oxygen atoms in total. The highest BCUT2D eigenvalue weighted by Crippen LogP contribution is 2.53. The van der Waals surface area contributed by atoms with E-state index in [-0.39, 0.29) is 5.41 Å². The van der Waals surface area contributed by atoms with Crippen LogP contribution in [0.2, 0.25) is 0 Å². The Bertz CT molecular complexity index is 466. The van der Waals surface area contributed by atoms with Crippen molar-refractivity contribution >= 4 is 5.69 Å². The third-order valence-corrected chi connectivity index (χ3v) is 4.99. The van der Waals surface area contributed by atoms with E-state index in [0.29, 0.717) is 24.0 Å². The zero-order valence-corrected chi connectivity index (χ0v) is 12.4. The molecule has 1 N–H and O–H groups in total. The quantitative estimate of drug-likeness (QED) is 0.884. The number of hydrogen-bond acceptors (Lipinski definition) is 2. The molecule has 3 unspecified atom stereocenters. The highest BCUT2D eigenvalue weighted by Gasteiger charge is 2.59. The minimum Gasteiger partial charge on any atom is -0.381 e. The summed E-state index contributed by atoms with van der Waals surface area (Å²) in [4.78, 5) is 0. The number of hydrogen-bond donors (Lipinski definition) is 1. The molecule has 1 heterocycles. The SMILES string of the molecule is CC(C)c1ccccc1NC1C2CCOC2C1(C)C. The first-order chi connectivity index (χ1) is 9.01. The van der Waals surface area contributed by atoms with E-state index in [9.17, 15) is 0 Å². The summed E-state index contributed by atoms with van der Waals surface area (Å²) in [5, 5.41) is 3.81. The van der Waals surface area contributed by atoms with Gasteiger partial charge >= 0.3 is 0 Å². The van der Waals surface area contributed by atoms with Crippen LogP contribution < -0.4 is 5.32 Å². The largest absolute Gasteiger partial charge is 0.381 e. The zero-order chi connectivity index (χ0) is 13.6. The molecule has 1 saturated carbocycles. The van der Waals surface area contributed by atoms with Crippen molar-refractivity contribution in [1.82, 2.24) is 0 Å². The Morgan fingerprint density at radius 3 is 2.74 bits per heavy atom. The molecule has 1 aliphatic heterocycles. The van der Waals surface area contributed by atoms with Crippen molar-refractivity contribution in [1.29, 1.82) is 0 Å². The van der Waals surface area contributed by atoms with Crippen molar-refractivity contribution in [2.45, 2.75) is 52.2 Å². The van der Waals surface area contributed by atoms with Crippen LogP contribution in [-0.4, -0.2) is 18.8 Å². The average Bonchev–Trinajstić information content (AvgIpc) is 2.83. The minimum absolute atomic E-state index is 0.241. The average molecular weight is 259 g/mol. The number of rotatable bonds is 3. The second-order valence-electron chi connectivity index (χ2n) is 6.93. The highest BCUT2D eigenvalue weighted by molar-refractivity contribution is 5.54. The minimum atomic E-state index is 0.241. The standard InChI is InChI=1S/C17H25NO/c1-11(2)12-7-5-6-8-14(12)18-15-13-9-10-19-16(13)17(15,3)4/h5-8,11,13,15-16,18H,9-10H2,1-4H3. The molecule has 19 heavy (non-hydrogen) atoms. The van der Waals surface area contributed by atoms with Gasteiger partial charge in [0.2, 0.25) is 0 Å². The molecule has 2 heteroatoms. The maximum Gasteiger partial charge on any atom is 0.0694 e. The van der Waals surface area contributed by atoms with Gasteiger partial charge < -0.3 is 10.1 Å². The number of anilines is 1. The molecule has 0 bridgehead atoms. The summed E-state index contributed by atoms with van der Waals surface area (Å²) in [5.74, 6) is 1.25. The molecule has 2 fully saturated rings. The Morgan fingerprint density at radius 1 is 1.26 bits per heavy atom. The van der Waals surface area contributed by atoms with Crippen LogP contribution in [0.5, 0.6) is 0 Å². The topological polar surface area (TPSA) is 21.3 Å². The first-order valence-electron chi connectivity index (χ1n) is 7.49. The summed E-state index contributed by atoms with van der Waals surface area (Å²) in [6, 6.07) is 9.26. The molecule has 0 amide bonds. The molecule has 0 radical (unpaired) electrons. The van der Waals surface area contributed by atoms with Crippen LogP contribution in [-0.2, 0) is 4.74 Å². The Balaban J connectivity index is 1.82. The predicted octanol–water partition coefficient (Wildman–Crippen LogP) is 4.04. The highest BCUT2D eigenvalue weighted by atomic mass is 16.5. The van der Waals surface area contributed by atoms with Crippen LogP contribution in [0.1, 0.15) is 45.6 Å². The van der Waals surface area contributed by atoms with Gasteiger partial charge in [0, 0.05) is 29.7 Å². The smallest absolute Gasteiger partial charge is 0.0694 e. The van der Waals surface area contributed by atoms with E-state index in [2.05, 4.69) is 57.3 Å². The van der Waals surface area contributed by atoms with Gasteiger partial charge in [-0.05, 0) is 24.0 Å². The lowest BCUT2D eigenvalue weighted by Crippen LogP contribution is -2.63. The van der Waals surface area contributed by atoms with Gasteiger partial charge in [0.1, 0.15) is 0 Å². The number of fused-ring (bicyclic) bond motifs is 1. The number of ether oxygens (including phenoxy) is 1. The van der Waals surface area contributed by atoms with Crippen LogP contribution in [0, 0.1) is 11.3 Å². The summed E-state index contributed by atoms with van der Waals surface area (Å²) in [6.07, 6.45) is 1.66. The van der Waals surface area contributed by atoms with E-state index in [4.69, 9.17) is 4.74 Å². The van der Waals surface area contributed by atoms with Crippen molar-refractivity contribution in [3.8, 4) is 0 Å². The molecule has 1 aromatic carbocycles. The van der Waals surface area contributed by atoms with Crippen molar-refractivity contribution in [3.05, 3.63) is 29.8 Å². The van der Waals surface area contributed by atoms with E-state index < -0.39 is 0 Å². The number of nitrogens with one attached hydrogen (secondary N) is 1. The third-order valence-electron chi connectivity index (χ3n) is 4.99. The summed E-state index contributed by atoms with van der Waals surface area (Å²) in [7, 11) is 0. The van der Waals surface area contributed by atoms with Gasteiger partial charge in [0.05, 0.1) is 6.10 Å². The number of benzene rings is 1. The fourth-order valence-corrected chi connectivity index (χ4v) is 3.92. The van der Waals surface area contributed by atoms with Crippen LogP contribution >= 0.6 is 0 Å². The summed E-state index contributed by atoms with van der Waals surface area (Å²) in [6.45, 7) is 10.1. The van der Waals surface area contributed by atoms with Crippen molar-refractivity contribution in [3.63, 3.8) is 0 Å². The van der Waals surface area contributed by atoms with E-state index in [1.807, 2.05) is 0 Å². The van der Waals surface area contributed by atoms with Crippen molar-refractivity contribution in [2.24, 2.45) is 11.3 Å². The third kappa shape index (κ3) is 1.97. The monoisotopic (exact) mass is 259 g/mol. The Labute approximate surface area is 116 Å². The van der Waals surface area contributed by atoms with E-state index in [1.54, 1.807) is 0 Å². The molecule has 0 spiro atoms. The fraction of sp³-hybridized carbons (Fsp3) is 0.647. The van der Waals surface area contributed by atoms with Gasteiger partial charge in [-0.25, -0.2) is 0 Å². The van der Waals surface area contributed by atoms with Gasteiger partial charge in [0.15, 0.2) is 0 Å². The van der Waals surface area contributed by atoms with Crippen LogP contribution in [0.3, 0.4) is 0 Å². The first-order valence-corrected chi connectivity index (χ1v) is 7.49. The van der Waals surface area contributed by atoms with Gasteiger partial charge in [-0.2, -0.15) is 0 Å². The van der Waals surface area contributed by atoms with Gasteiger partial charge in [0.25, 0.3) is 0 Å². The summed E-state index contributed by atoms with van der Waals surface area (Å²) < 4.78 is 5.87. The molecular formula is C17H25NO. The van der Waals surface area contributed by atoms with Crippen LogP contribution in [0.15, 0.2) is 24.3 Å². The lowest BCUT2D eigenvalue weighted by atomic mass is 9.57. The molecule has 3 rings (SSSR count). The van der Waals surface area contributed by atoms with E-state index in [1.165, 1.54) is 17.7 Å². The lowest BCUT2D eigenvalue weighted by Gasteiger charge is -2.55. The van der Waals surface area contributed by atoms with Gasteiger partial charge in [-0.15, -0.1) is 0 Å². The Morgan fingerprint density at radius 2 is 2.00 bits per heavy atom. The molecule has 1 aliphatic carbocycles. The molecule has 104 valence electrons. The van der Waals surface area contributed by atoms with Crippen molar-refractivity contribution in [2.75, 3.05) is 11.9 Å². The Hall–Kier alpha value is -1.02. The fourth-order valence-electron chi connectivity index (χ4n) is 3.92. The second-order valence-corrected chi connectivity index (χ2v) is 6.93.